The molecule has 0 bridgehead atoms. The molecule has 0 saturated carbocycles. The molecular weight excluding hydrogens is 215 g/mol. The predicted molar refractivity (Wildman–Crippen MR) is 52.7 cm³/mol. The smallest absolute Gasteiger partial charge is 0.147 e. The Kier molecular flexibility index (Phi) is 9.66. The van der Waals surface area contributed by atoms with E-state index in [0.717, 1.165) is 0 Å². The minimum absolute atomic E-state index is 0. The molecule has 0 aromatic rings. The Morgan fingerprint density at radius 3 is 2.45 bits per heavy atom. The number of allylic oxidation sites excluding steroid dienone is 4. The summed E-state index contributed by atoms with van der Waals surface area (Å²) in [6.45, 7) is 2.31. The molecule has 0 radical (unpaired) electrons. The van der Waals surface area contributed by atoms with E-state index in [9.17, 15) is 0 Å². The van der Waals surface area contributed by atoms with Crippen LogP contribution in [-0.4, -0.2) is 0 Å². The van der Waals surface area contributed by atoms with Gasteiger partial charge in [0, 0.05) is 0 Å². The Balaban J connectivity index is 0. The molecule has 65 valence electrons. The average Bonchev–Trinajstić information content (AvgIpc) is 2.37. The van der Waals surface area contributed by atoms with E-state index in [0.29, 0.717) is 0 Å². The Morgan fingerprint density at radius 2 is 2.09 bits per heavy atom. The van der Waals surface area contributed by atoms with Crippen LogP contribution in [0.1, 0.15) is 13.3 Å². The van der Waals surface area contributed by atoms with Crippen LogP contribution in [-0.2, 0) is 17.9 Å². The number of hydrogen-bond donors (Lipinski definition) is 0. The van der Waals surface area contributed by atoms with Gasteiger partial charge in [-0.25, -0.2) is 0 Å². The second-order valence-electron chi connectivity index (χ2n) is 2.46. The summed E-state index contributed by atoms with van der Waals surface area (Å²) >= 11 is -0.681. The largest absolute Gasteiger partial charge is 0.147 e. The third kappa shape index (κ3) is 4.37. The summed E-state index contributed by atoms with van der Waals surface area (Å²) in [5, 5.41) is 2.46. The van der Waals surface area contributed by atoms with Crippen LogP contribution in [0.15, 0.2) is 22.1 Å². The van der Waals surface area contributed by atoms with Crippen LogP contribution >= 0.6 is 24.8 Å². The van der Waals surface area contributed by atoms with Gasteiger partial charge in [-0.15, -0.1) is 24.8 Å². The van der Waals surface area contributed by atoms with E-state index in [1.165, 1.54) is 11.1 Å². The maximum absolute atomic E-state index is 2.46. The molecule has 0 nitrogen and oxygen atoms in total. The van der Waals surface area contributed by atoms with Crippen molar-refractivity contribution in [2.45, 2.75) is 23.3 Å². The van der Waals surface area contributed by atoms with Crippen molar-refractivity contribution < 1.29 is 17.9 Å². The van der Waals surface area contributed by atoms with Gasteiger partial charge >= 0.3 is 63.3 Å². The van der Waals surface area contributed by atoms with Crippen molar-refractivity contribution in [3.05, 3.63) is 22.1 Å². The van der Waals surface area contributed by atoms with Gasteiger partial charge in [-0.3, -0.25) is 0 Å². The monoisotopic (exact) mass is 229 g/mol. The van der Waals surface area contributed by atoms with Crippen molar-refractivity contribution in [3.8, 4) is 0 Å². The summed E-state index contributed by atoms with van der Waals surface area (Å²) < 4.78 is 3.20. The number of hydrogen-bond acceptors (Lipinski definition) is 0. The molecule has 0 spiro atoms. The van der Waals surface area contributed by atoms with Gasteiger partial charge in [0.1, 0.15) is 0 Å². The van der Waals surface area contributed by atoms with Crippen molar-refractivity contribution in [2.75, 3.05) is 0 Å². The van der Waals surface area contributed by atoms with Crippen LogP contribution in [0.3, 0.4) is 0 Å². The normalized spacial score (nSPS) is 13.1. The van der Waals surface area contributed by atoms with Gasteiger partial charge in [0.15, 0.2) is 0 Å². The average molecular weight is 230 g/mol. The first-order valence-electron chi connectivity index (χ1n) is 3.53. The predicted octanol–water partition coefficient (Wildman–Crippen LogP) is 3.78. The molecule has 0 aliphatic heterocycles. The Bertz CT molecular complexity index is 152. The topological polar surface area (TPSA) is 0 Å². The molecule has 1 aliphatic rings. The van der Waals surface area contributed by atoms with Crippen molar-refractivity contribution in [2.24, 2.45) is 0 Å². The Labute approximate surface area is 87.8 Å². The zero-order chi connectivity index (χ0) is 6.69. The quantitative estimate of drug-likeness (QED) is 0.633. The molecule has 0 amide bonds. The molecule has 1 aliphatic carbocycles. The van der Waals surface area contributed by atoms with Gasteiger partial charge in [0.2, 0.25) is 0 Å². The fourth-order valence-electron chi connectivity index (χ4n) is 0.991. The minimum atomic E-state index is -0.681. The zero-order valence-electron chi connectivity index (χ0n) is 6.96. The van der Waals surface area contributed by atoms with Gasteiger partial charge in [-0.2, -0.15) is 0 Å². The van der Waals surface area contributed by atoms with Crippen molar-refractivity contribution >= 4 is 24.8 Å². The standard InChI is InChI=1S/C5H5.C2H5.CH3.2ClH.Ti/c1-2-4-5-3-1;1-2;;;;/h1-3H,4H2;1H2,2H3;1H3;2*1H;. The number of halogens is 2. The summed E-state index contributed by atoms with van der Waals surface area (Å²) in [6, 6.07) is 0. The first-order chi connectivity index (χ1) is 4.34. The molecule has 0 saturated heterocycles. The second kappa shape index (κ2) is 7.42. The van der Waals surface area contributed by atoms with Crippen LogP contribution < -0.4 is 0 Å². The molecule has 0 aromatic heterocycles. The summed E-state index contributed by atoms with van der Waals surface area (Å²) in [5.41, 5.74) is 0. The summed E-state index contributed by atoms with van der Waals surface area (Å²) in [4.78, 5) is 0. The summed E-state index contributed by atoms with van der Waals surface area (Å²) in [5.74, 6) is 0. The molecule has 0 heterocycles. The summed E-state index contributed by atoms with van der Waals surface area (Å²) in [6.07, 6.45) is 8.04. The first kappa shape index (κ1) is 14.3. The second-order valence-corrected chi connectivity index (χ2v) is 7.00. The van der Waals surface area contributed by atoms with Crippen LogP contribution in [0.2, 0.25) is 9.95 Å². The van der Waals surface area contributed by atoms with Crippen molar-refractivity contribution in [1.29, 1.82) is 0 Å². The van der Waals surface area contributed by atoms with Crippen LogP contribution in [0, 0.1) is 0 Å². The third-order valence-electron chi connectivity index (χ3n) is 1.85. The Morgan fingerprint density at radius 1 is 1.45 bits per heavy atom. The maximum Gasteiger partial charge on any atom is -0.147 e. The molecular formula is C8H15Cl2Ti. The molecule has 0 fully saturated rings. The van der Waals surface area contributed by atoms with Gasteiger partial charge in [-0.05, 0) is 0 Å². The third-order valence-corrected chi connectivity index (χ3v) is 5.80. The van der Waals surface area contributed by atoms with Crippen LogP contribution in [0.25, 0.3) is 0 Å². The molecule has 0 unspecified atom stereocenters. The summed E-state index contributed by atoms with van der Waals surface area (Å²) in [7, 11) is 0. The molecule has 0 aromatic carbocycles. The fourth-order valence-corrected chi connectivity index (χ4v) is 3.02. The fraction of sp³-hybridized carbons (Fsp3) is 0.500. The maximum atomic E-state index is 2.46. The van der Waals surface area contributed by atoms with E-state index < -0.39 is 17.9 Å². The van der Waals surface area contributed by atoms with E-state index in [4.69, 9.17) is 0 Å². The van der Waals surface area contributed by atoms with E-state index in [2.05, 4.69) is 30.4 Å². The van der Waals surface area contributed by atoms with Crippen LogP contribution in [0.4, 0.5) is 0 Å². The van der Waals surface area contributed by atoms with Crippen molar-refractivity contribution in [1.82, 2.24) is 0 Å². The van der Waals surface area contributed by atoms with E-state index in [1.54, 1.807) is 3.88 Å². The van der Waals surface area contributed by atoms with Gasteiger partial charge in [0.05, 0.1) is 0 Å². The Hall–Kier alpha value is 0.774. The molecule has 3 heteroatoms. The van der Waals surface area contributed by atoms with Gasteiger partial charge in [-0.1, -0.05) is 0 Å². The van der Waals surface area contributed by atoms with E-state index in [1.807, 2.05) is 0 Å². The van der Waals surface area contributed by atoms with E-state index >= 15 is 0 Å². The van der Waals surface area contributed by atoms with Crippen LogP contribution in [0.5, 0.6) is 0 Å². The van der Waals surface area contributed by atoms with Gasteiger partial charge in [0.25, 0.3) is 0 Å². The molecule has 1 rings (SSSR count). The zero-order valence-corrected chi connectivity index (χ0v) is 10.2. The SMILES string of the molecule is C[CH2][Ti]([CH3])[C]1=CC=CC1.Cl.Cl. The number of rotatable bonds is 2. The minimum Gasteiger partial charge on any atom is -0.147 e. The molecule has 11 heavy (non-hydrogen) atoms. The van der Waals surface area contributed by atoms with Crippen molar-refractivity contribution in [3.63, 3.8) is 0 Å². The van der Waals surface area contributed by atoms with Gasteiger partial charge < -0.3 is 0 Å². The first-order valence-corrected chi connectivity index (χ1v) is 6.97. The molecule has 0 N–H and O–H groups in total. The molecule has 0 atom stereocenters. The van der Waals surface area contributed by atoms with E-state index in [-0.39, 0.29) is 24.8 Å².